The van der Waals surface area contributed by atoms with Gasteiger partial charge in [-0.15, -0.1) is 0 Å². The summed E-state index contributed by atoms with van der Waals surface area (Å²) in [5.41, 5.74) is 12.0. The molecular weight excluding hydrogens is 585 g/mol. The van der Waals surface area contributed by atoms with Gasteiger partial charge in [-0.05, 0) is 71.3 Å². The molecule has 0 aliphatic carbocycles. The van der Waals surface area contributed by atoms with Crippen LogP contribution < -0.4 is 0 Å². The van der Waals surface area contributed by atoms with Crippen molar-refractivity contribution in [3.63, 3.8) is 0 Å². The van der Waals surface area contributed by atoms with Crippen LogP contribution in [-0.2, 0) is 0 Å². The molecule has 0 atom stereocenters. The van der Waals surface area contributed by atoms with E-state index in [4.69, 9.17) is 0 Å². The quantitative estimate of drug-likeness (QED) is 0.199. The van der Waals surface area contributed by atoms with Crippen LogP contribution >= 0.6 is 0 Å². The molecule has 0 bridgehead atoms. The van der Waals surface area contributed by atoms with E-state index in [1.54, 1.807) is 0 Å². The molecule has 0 saturated carbocycles. The number of nitrogens with zero attached hydrogens (tertiary/aromatic N) is 4. The molecule has 48 heavy (non-hydrogen) atoms. The Morgan fingerprint density at radius 3 is 1.69 bits per heavy atom. The maximum atomic E-state index is 10.0. The van der Waals surface area contributed by atoms with E-state index < -0.39 is 0 Å². The summed E-state index contributed by atoms with van der Waals surface area (Å²) < 4.78 is 4.54. The third-order valence-corrected chi connectivity index (χ3v) is 9.42. The third-order valence-electron chi connectivity index (χ3n) is 9.42. The van der Waals surface area contributed by atoms with Gasteiger partial charge in [-0.3, -0.25) is 0 Å². The Bertz CT molecular complexity index is 2820. The normalized spacial score (nSPS) is 11.3. The van der Waals surface area contributed by atoms with Gasteiger partial charge in [0, 0.05) is 27.1 Å². The molecule has 0 unspecified atom stereocenters. The number of fused-ring (bicyclic) bond motifs is 6. The van der Waals surface area contributed by atoms with Crippen molar-refractivity contribution in [2.45, 2.75) is 0 Å². The molecule has 0 saturated heterocycles. The minimum atomic E-state index is 0.632. The largest absolute Gasteiger partial charge is 0.309 e. The Hall–Kier alpha value is -6.88. The SMILES string of the molecule is N#Cc1ccc2c(c1)c1ccccc1n2-c1ccccc1-c1ccccc1-c1cccc2c1c1ccccc1n2-c1ccccc1C#N. The van der Waals surface area contributed by atoms with E-state index in [0.29, 0.717) is 11.1 Å². The van der Waals surface area contributed by atoms with Gasteiger partial charge in [-0.25, -0.2) is 0 Å². The Labute approximate surface area is 277 Å². The highest BCUT2D eigenvalue weighted by Crippen LogP contribution is 2.44. The zero-order chi connectivity index (χ0) is 32.2. The molecular formula is C44H26N4. The van der Waals surface area contributed by atoms with Crippen molar-refractivity contribution in [2.75, 3.05) is 0 Å². The van der Waals surface area contributed by atoms with Crippen LogP contribution in [0, 0.1) is 22.7 Å². The number of benzene rings is 7. The summed E-state index contributed by atoms with van der Waals surface area (Å²) in [7, 11) is 0. The molecule has 2 aromatic heterocycles. The van der Waals surface area contributed by atoms with Gasteiger partial charge in [0.2, 0.25) is 0 Å². The van der Waals surface area contributed by atoms with Crippen molar-refractivity contribution < 1.29 is 0 Å². The number of rotatable bonds is 4. The average molecular weight is 611 g/mol. The predicted octanol–water partition coefficient (Wildman–Crippen LogP) is 11.0. The molecule has 0 fully saturated rings. The first-order chi connectivity index (χ1) is 23.8. The lowest BCUT2D eigenvalue weighted by atomic mass is 9.91. The van der Waals surface area contributed by atoms with E-state index in [1.807, 2.05) is 36.4 Å². The lowest BCUT2D eigenvalue weighted by Crippen LogP contribution is -1.98. The summed E-state index contributed by atoms with van der Waals surface area (Å²) in [6, 6.07) is 59.0. The molecule has 0 amide bonds. The highest BCUT2D eigenvalue weighted by atomic mass is 15.0. The van der Waals surface area contributed by atoms with Crippen molar-refractivity contribution >= 4 is 43.6 Å². The van der Waals surface area contributed by atoms with Gasteiger partial charge >= 0.3 is 0 Å². The van der Waals surface area contributed by atoms with Crippen molar-refractivity contribution in [3.8, 4) is 45.8 Å². The second-order valence-electron chi connectivity index (χ2n) is 11.9. The Morgan fingerprint density at radius 2 is 0.917 bits per heavy atom. The van der Waals surface area contributed by atoms with Crippen LogP contribution in [-0.4, -0.2) is 9.13 Å². The molecule has 7 aromatic carbocycles. The maximum Gasteiger partial charge on any atom is 0.101 e. The second-order valence-corrected chi connectivity index (χ2v) is 11.9. The molecule has 0 spiro atoms. The lowest BCUT2D eigenvalue weighted by molar-refractivity contribution is 1.17. The van der Waals surface area contributed by atoms with Crippen LogP contribution in [0.2, 0.25) is 0 Å². The molecule has 0 aliphatic heterocycles. The zero-order valence-electron chi connectivity index (χ0n) is 25.8. The predicted molar refractivity (Wildman–Crippen MR) is 195 cm³/mol. The minimum Gasteiger partial charge on any atom is -0.309 e. The smallest absolute Gasteiger partial charge is 0.101 e. The summed E-state index contributed by atoms with van der Waals surface area (Å²) in [6.45, 7) is 0. The molecule has 0 aliphatic rings. The van der Waals surface area contributed by atoms with Gasteiger partial charge in [0.1, 0.15) is 6.07 Å². The van der Waals surface area contributed by atoms with Crippen molar-refractivity contribution in [1.29, 1.82) is 10.5 Å². The fourth-order valence-corrected chi connectivity index (χ4v) is 7.42. The third kappa shape index (κ3) is 4.01. The lowest BCUT2D eigenvalue weighted by Gasteiger charge is -2.17. The van der Waals surface area contributed by atoms with E-state index >= 15 is 0 Å². The molecule has 0 radical (unpaired) electrons. The first-order valence-corrected chi connectivity index (χ1v) is 15.9. The Morgan fingerprint density at radius 1 is 0.375 bits per heavy atom. The van der Waals surface area contributed by atoms with E-state index in [2.05, 4.69) is 143 Å². The van der Waals surface area contributed by atoms with Crippen LogP contribution in [0.25, 0.3) is 77.2 Å². The maximum absolute atomic E-state index is 10.0. The number of aromatic nitrogens is 2. The first-order valence-electron chi connectivity index (χ1n) is 15.9. The van der Waals surface area contributed by atoms with Gasteiger partial charge in [-0.2, -0.15) is 10.5 Å². The van der Waals surface area contributed by atoms with Crippen molar-refractivity contribution in [1.82, 2.24) is 9.13 Å². The molecule has 0 N–H and O–H groups in total. The highest BCUT2D eigenvalue weighted by Gasteiger charge is 2.21. The van der Waals surface area contributed by atoms with Crippen LogP contribution in [0.1, 0.15) is 11.1 Å². The Balaban J connectivity index is 1.34. The topological polar surface area (TPSA) is 57.4 Å². The number of nitriles is 2. The average Bonchev–Trinajstić information content (AvgIpc) is 3.67. The van der Waals surface area contributed by atoms with Crippen molar-refractivity contribution in [3.05, 3.63) is 169 Å². The molecule has 4 nitrogen and oxygen atoms in total. The van der Waals surface area contributed by atoms with Crippen LogP contribution in [0.15, 0.2) is 158 Å². The van der Waals surface area contributed by atoms with E-state index in [-0.39, 0.29) is 0 Å². The standard InChI is InChI=1S/C44H26N4/c45-27-29-24-25-42-37(26-29)34-16-5-9-21-40(34)48(42)39-20-8-4-15-33(39)31-13-2-3-14-32(31)35-18-11-23-43-44(35)36-17-6-10-22-41(36)47(43)38-19-7-1-12-30(38)28-46/h1-26H. The van der Waals surface area contributed by atoms with E-state index in [0.717, 1.165) is 77.2 Å². The summed E-state index contributed by atoms with van der Waals surface area (Å²) in [5.74, 6) is 0. The van der Waals surface area contributed by atoms with Gasteiger partial charge in [0.25, 0.3) is 0 Å². The van der Waals surface area contributed by atoms with Gasteiger partial charge in [0.05, 0.1) is 50.6 Å². The summed E-state index contributed by atoms with van der Waals surface area (Å²) in [6.07, 6.45) is 0. The molecule has 9 rings (SSSR count). The van der Waals surface area contributed by atoms with Gasteiger partial charge in [0.15, 0.2) is 0 Å². The zero-order valence-corrected chi connectivity index (χ0v) is 25.8. The van der Waals surface area contributed by atoms with Crippen LogP contribution in [0.3, 0.4) is 0 Å². The summed E-state index contributed by atoms with van der Waals surface area (Å²) >= 11 is 0. The Kier molecular flexibility index (Phi) is 6.22. The van der Waals surface area contributed by atoms with E-state index in [9.17, 15) is 10.5 Å². The van der Waals surface area contributed by atoms with E-state index in [1.165, 1.54) is 0 Å². The molecule has 222 valence electrons. The monoisotopic (exact) mass is 610 g/mol. The number of hydrogen-bond donors (Lipinski definition) is 0. The minimum absolute atomic E-state index is 0.632. The first kappa shape index (κ1) is 27.4. The molecule has 9 aromatic rings. The molecule has 2 heterocycles. The van der Waals surface area contributed by atoms with Crippen LogP contribution in [0.4, 0.5) is 0 Å². The van der Waals surface area contributed by atoms with Crippen LogP contribution in [0.5, 0.6) is 0 Å². The second kappa shape index (κ2) is 10.9. The number of hydrogen-bond acceptors (Lipinski definition) is 2. The van der Waals surface area contributed by atoms with Gasteiger partial charge < -0.3 is 9.13 Å². The van der Waals surface area contributed by atoms with Gasteiger partial charge in [-0.1, -0.05) is 103 Å². The van der Waals surface area contributed by atoms with Crippen molar-refractivity contribution in [2.24, 2.45) is 0 Å². The summed E-state index contributed by atoms with van der Waals surface area (Å²) in [4.78, 5) is 0. The number of para-hydroxylation sites is 4. The molecule has 4 heteroatoms. The fraction of sp³-hybridized carbons (Fsp3) is 0. The summed E-state index contributed by atoms with van der Waals surface area (Å²) in [5, 5.41) is 24.2. The highest BCUT2D eigenvalue weighted by molar-refractivity contribution is 6.17. The fourth-order valence-electron chi connectivity index (χ4n) is 7.42.